The molecule has 2 heterocycles. The Morgan fingerprint density at radius 3 is 2.61 bits per heavy atom. The van der Waals surface area contributed by atoms with E-state index in [1.165, 1.54) is 0 Å². The van der Waals surface area contributed by atoms with Crippen LogP contribution in [0, 0.1) is 6.92 Å². The Balaban J connectivity index is 1.61. The van der Waals surface area contributed by atoms with Crippen molar-refractivity contribution in [1.82, 2.24) is 9.88 Å². The van der Waals surface area contributed by atoms with Crippen LogP contribution in [0.25, 0.3) is 10.9 Å². The summed E-state index contributed by atoms with van der Waals surface area (Å²) in [6, 6.07) is 18.5. The Bertz CT molecular complexity index is 1250. The molecule has 2 aromatic heterocycles. The topological polar surface area (TPSA) is 74.4 Å². The fourth-order valence-corrected chi connectivity index (χ4v) is 4.08. The minimum Gasteiger partial charge on any atom is -0.497 e. The van der Waals surface area contributed by atoms with Crippen LogP contribution < -0.4 is 15.6 Å². The first kappa shape index (κ1) is 20.7. The molecule has 0 atom stereocenters. The lowest BCUT2D eigenvalue weighted by Crippen LogP contribution is -2.35. The molecule has 0 bridgehead atoms. The summed E-state index contributed by atoms with van der Waals surface area (Å²) in [5, 5.41) is 5.83. The predicted molar refractivity (Wildman–Crippen MR) is 125 cm³/mol. The molecule has 7 heteroatoms. The molecule has 0 saturated heterocycles. The Hall–Kier alpha value is -3.58. The fraction of sp³-hybridized carbons (Fsp3) is 0.167. The van der Waals surface area contributed by atoms with Gasteiger partial charge in [0.1, 0.15) is 5.75 Å². The van der Waals surface area contributed by atoms with Crippen LogP contribution in [0.2, 0.25) is 0 Å². The van der Waals surface area contributed by atoms with Gasteiger partial charge in [-0.15, -0.1) is 11.3 Å². The monoisotopic (exact) mass is 433 g/mol. The summed E-state index contributed by atoms with van der Waals surface area (Å²) >= 11 is 1.58. The Labute approximate surface area is 184 Å². The normalized spacial score (nSPS) is 10.8. The van der Waals surface area contributed by atoms with Crippen molar-refractivity contribution >= 4 is 34.0 Å². The summed E-state index contributed by atoms with van der Waals surface area (Å²) in [5.74, 6) is 0.714. The molecule has 0 unspecified atom stereocenters. The molecule has 4 rings (SSSR count). The molecule has 0 saturated carbocycles. The third-order valence-corrected chi connectivity index (χ3v) is 5.85. The molecule has 0 spiro atoms. The van der Waals surface area contributed by atoms with E-state index in [4.69, 9.17) is 4.74 Å². The van der Waals surface area contributed by atoms with Crippen molar-refractivity contribution in [1.29, 1.82) is 0 Å². The number of rotatable bonds is 6. The van der Waals surface area contributed by atoms with Crippen LogP contribution in [0.1, 0.15) is 16.0 Å². The van der Waals surface area contributed by atoms with Crippen molar-refractivity contribution in [2.75, 3.05) is 12.4 Å². The first-order valence-electron chi connectivity index (χ1n) is 9.87. The number of amides is 2. The first-order valence-corrected chi connectivity index (χ1v) is 10.7. The Kier molecular flexibility index (Phi) is 6.04. The summed E-state index contributed by atoms with van der Waals surface area (Å²) in [6.07, 6.45) is 0. The highest BCUT2D eigenvalue weighted by Gasteiger charge is 2.18. The number of hydrogen-bond donors (Lipinski definition) is 2. The molecule has 0 aliphatic carbocycles. The van der Waals surface area contributed by atoms with Gasteiger partial charge in [-0.1, -0.05) is 17.7 Å². The maximum atomic E-state index is 13.1. The van der Waals surface area contributed by atoms with Gasteiger partial charge in [-0.2, -0.15) is 0 Å². The van der Waals surface area contributed by atoms with Crippen LogP contribution in [0.3, 0.4) is 0 Å². The molecule has 2 aromatic carbocycles. The number of methoxy groups -OCH3 is 1. The van der Waals surface area contributed by atoms with E-state index in [0.29, 0.717) is 23.5 Å². The molecule has 31 heavy (non-hydrogen) atoms. The molecule has 0 aliphatic rings. The quantitative estimate of drug-likeness (QED) is 0.442. The molecular formula is C24H23N3O3S. The summed E-state index contributed by atoms with van der Waals surface area (Å²) in [4.78, 5) is 31.4. The molecule has 0 aliphatic heterocycles. The highest BCUT2D eigenvalue weighted by molar-refractivity contribution is 7.09. The van der Waals surface area contributed by atoms with E-state index in [-0.39, 0.29) is 18.1 Å². The van der Waals surface area contributed by atoms with Gasteiger partial charge in [-0.05, 0) is 66.2 Å². The number of urea groups is 1. The van der Waals surface area contributed by atoms with Crippen LogP contribution in [-0.4, -0.2) is 23.0 Å². The molecule has 0 fully saturated rings. The van der Waals surface area contributed by atoms with Crippen LogP contribution in [0.15, 0.2) is 70.8 Å². The number of fused-ring (bicyclic) bond motifs is 1. The van der Waals surface area contributed by atoms with Crippen molar-refractivity contribution in [2.24, 2.45) is 0 Å². The average Bonchev–Trinajstić information content (AvgIpc) is 3.27. The summed E-state index contributed by atoms with van der Waals surface area (Å²) in [6.45, 7) is 2.61. The molecule has 6 nitrogen and oxygen atoms in total. The van der Waals surface area contributed by atoms with Crippen molar-refractivity contribution in [3.63, 3.8) is 0 Å². The molecule has 2 N–H and O–H groups in total. The van der Waals surface area contributed by atoms with Crippen LogP contribution >= 0.6 is 11.3 Å². The van der Waals surface area contributed by atoms with E-state index >= 15 is 0 Å². The number of nitrogens with zero attached hydrogens (tertiary/aromatic N) is 1. The zero-order valence-corrected chi connectivity index (χ0v) is 18.2. The standard InChI is InChI=1S/C24H23N3O3S/c1-16-5-10-22-17(12-16)13-18(23(28)26-22)14-27(15-21-4-3-11-31-21)24(29)25-19-6-8-20(30-2)9-7-19/h3-13H,14-15H2,1-2H3,(H,25,29)(H,26,28). The highest BCUT2D eigenvalue weighted by Crippen LogP contribution is 2.19. The van der Waals surface area contributed by atoms with Gasteiger partial charge < -0.3 is 19.9 Å². The second-order valence-electron chi connectivity index (χ2n) is 7.31. The lowest BCUT2D eigenvalue weighted by atomic mass is 10.1. The minimum absolute atomic E-state index is 0.190. The lowest BCUT2D eigenvalue weighted by molar-refractivity contribution is 0.207. The summed E-state index contributed by atoms with van der Waals surface area (Å²) < 4.78 is 5.17. The maximum absolute atomic E-state index is 13.1. The van der Waals surface area contributed by atoms with E-state index in [1.807, 2.05) is 48.7 Å². The van der Waals surface area contributed by atoms with Crippen molar-refractivity contribution in [2.45, 2.75) is 20.0 Å². The van der Waals surface area contributed by atoms with Crippen molar-refractivity contribution in [3.8, 4) is 5.75 Å². The Morgan fingerprint density at radius 2 is 1.90 bits per heavy atom. The van der Waals surface area contributed by atoms with Crippen LogP contribution in [0.4, 0.5) is 10.5 Å². The zero-order chi connectivity index (χ0) is 21.8. The number of hydrogen-bond acceptors (Lipinski definition) is 4. The second kappa shape index (κ2) is 9.06. The van der Waals surface area contributed by atoms with Gasteiger partial charge in [-0.3, -0.25) is 4.79 Å². The second-order valence-corrected chi connectivity index (χ2v) is 8.34. The number of H-pyrrole nitrogens is 1. The van der Waals surface area contributed by atoms with Gasteiger partial charge >= 0.3 is 6.03 Å². The van der Waals surface area contributed by atoms with E-state index in [2.05, 4.69) is 10.3 Å². The number of aromatic amines is 1. The molecular weight excluding hydrogens is 410 g/mol. The molecule has 4 aromatic rings. The average molecular weight is 434 g/mol. The Morgan fingerprint density at radius 1 is 1.10 bits per heavy atom. The smallest absolute Gasteiger partial charge is 0.322 e. The van der Waals surface area contributed by atoms with E-state index < -0.39 is 0 Å². The predicted octanol–water partition coefficient (Wildman–Crippen LogP) is 5.14. The maximum Gasteiger partial charge on any atom is 0.322 e. The van der Waals surface area contributed by atoms with Gasteiger partial charge in [0.15, 0.2) is 0 Å². The van der Waals surface area contributed by atoms with E-state index in [1.54, 1.807) is 47.6 Å². The number of ether oxygens (including phenoxy) is 1. The number of carbonyl (C=O) groups is 1. The van der Waals surface area contributed by atoms with Gasteiger partial charge in [0.05, 0.1) is 20.2 Å². The molecule has 2 amide bonds. The highest BCUT2D eigenvalue weighted by atomic mass is 32.1. The summed E-state index contributed by atoms with van der Waals surface area (Å²) in [5.41, 5.74) is 2.90. The fourth-order valence-electron chi connectivity index (χ4n) is 3.36. The van der Waals surface area contributed by atoms with E-state index in [9.17, 15) is 9.59 Å². The molecule has 0 radical (unpaired) electrons. The number of anilines is 1. The van der Waals surface area contributed by atoms with Gasteiger partial charge in [0, 0.05) is 21.6 Å². The number of carbonyl (C=O) groups excluding carboxylic acids is 1. The van der Waals surface area contributed by atoms with Crippen molar-refractivity contribution < 1.29 is 9.53 Å². The number of aryl methyl sites for hydroxylation is 1. The number of benzene rings is 2. The lowest BCUT2D eigenvalue weighted by Gasteiger charge is -2.23. The third kappa shape index (κ3) is 4.95. The van der Waals surface area contributed by atoms with E-state index in [0.717, 1.165) is 21.3 Å². The number of aromatic nitrogens is 1. The first-order chi connectivity index (χ1) is 15.0. The van der Waals surface area contributed by atoms with Gasteiger partial charge in [0.25, 0.3) is 5.56 Å². The summed E-state index contributed by atoms with van der Waals surface area (Å²) in [7, 11) is 1.60. The van der Waals surface area contributed by atoms with Crippen LogP contribution in [-0.2, 0) is 13.1 Å². The SMILES string of the molecule is COc1ccc(NC(=O)N(Cc2cccs2)Cc2cc3cc(C)ccc3[nH]c2=O)cc1. The largest absolute Gasteiger partial charge is 0.497 e. The van der Waals surface area contributed by atoms with Gasteiger partial charge in [0.2, 0.25) is 0 Å². The van der Waals surface area contributed by atoms with Crippen molar-refractivity contribution in [3.05, 3.63) is 92.4 Å². The van der Waals surface area contributed by atoms with Gasteiger partial charge in [-0.25, -0.2) is 4.79 Å². The van der Waals surface area contributed by atoms with Crippen LogP contribution in [0.5, 0.6) is 5.75 Å². The molecule has 158 valence electrons. The third-order valence-electron chi connectivity index (χ3n) is 4.99. The number of nitrogens with one attached hydrogen (secondary N) is 2. The number of thiophene rings is 1. The minimum atomic E-state index is -0.276. The zero-order valence-electron chi connectivity index (χ0n) is 17.3. The number of pyridine rings is 1.